The molecule has 3 rings (SSSR count). The first-order chi connectivity index (χ1) is 11.2. The molecule has 0 unspecified atom stereocenters. The molecule has 0 atom stereocenters. The third-order valence-corrected chi connectivity index (χ3v) is 3.91. The molecule has 0 heterocycles. The minimum absolute atomic E-state index is 0.102. The summed E-state index contributed by atoms with van der Waals surface area (Å²) in [4.78, 5) is 11.7. The average Bonchev–Trinajstić information content (AvgIpc) is 3.06. The summed E-state index contributed by atoms with van der Waals surface area (Å²) in [6.45, 7) is 0.0765. The summed E-state index contributed by atoms with van der Waals surface area (Å²) in [7, 11) is 0. The molecule has 0 bridgehead atoms. The van der Waals surface area contributed by atoms with Crippen molar-refractivity contribution in [1.82, 2.24) is 0 Å². The van der Waals surface area contributed by atoms with Gasteiger partial charge in [0.05, 0.1) is 11.6 Å². The average molecular weight is 307 g/mol. The molecule has 2 aromatic carbocycles. The first kappa shape index (κ1) is 15.1. The summed E-state index contributed by atoms with van der Waals surface area (Å²) < 4.78 is 10.7. The Hall–Kier alpha value is -2.80. The van der Waals surface area contributed by atoms with Crippen molar-refractivity contribution in [1.29, 1.82) is 5.26 Å². The molecule has 1 aliphatic rings. The number of hydrogen-bond acceptors (Lipinski definition) is 4. The monoisotopic (exact) mass is 307 g/mol. The maximum atomic E-state index is 11.7. The van der Waals surface area contributed by atoms with E-state index in [0.29, 0.717) is 11.3 Å². The molecule has 116 valence electrons. The van der Waals surface area contributed by atoms with Gasteiger partial charge in [-0.15, -0.1) is 0 Å². The van der Waals surface area contributed by atoms with E-state index < -0.39 is 5.97 Å². The van der Waals surface area contributed by atoms with Crippen LogP contribution in [0.4, 0.5) is 0 Å². The van der Waals surface area contributed by atoms with Gasteiger partial charge in [-0.2, -0.15) is 5.26 Å². The minimum Gasteiger partial charge on any atom is -0.482 e. The van der Waals surface area contributed by atoms with Crippen LogP contribution >= 0.6 is 0 Å². The SMILES string of the molecule is N#Cc1ccc(COC(=O)COc2ccc3c(c2)CCC3)cc1. The van der Waals surface area contributed by atoms with Crippen LogP contribution in [0.15, 0.2) is 42.5 Å². The number of ether oxygens (including phenoxy) is 2. The van der Waals surface area contributed by atoms with Crippen LogP contribution in [0.5, 0.6) is 5.75 Å². The normalized spacial score (nSPS) is 12.3. The zero-order valence-corrected chi connectivity index (χ0v) is 12.7. The lowest BCUT2D eigenvalue weighted by molar-refractivity contribution is -0.147. The zero-order valence-electron chi connectivity index (χ0n) is 12.7. The molecule has 0 fully saturated rings. The van der Waals surface area contributed by atoms with Gasteiger partial charge < -0.3 is 9.47 Å². The number of benzene rings is 2. The van der Waals surface area contributed by atoms with E-state index in [1.165, 1.54) is 17.5 Å². The Balaban J connectivity index is 1.47. The highest BCUT2D eigenvalue weighted by atomic mass is 16.6. The van der Waals surface area contributed by atoms with Crippen LogP contribution in [0.25, 0.3) is 0 Å². The van der Waals surface area contributed by atoms with Crippen molar-refractivity contribution in [2.75, 3.05) is 6.61 Å². The molecule has 0 radical (unpaired) electrons. The first-order valence-electron chi connectivity index (χ1n) is 7.64. The minimum atomic E-state index is -0.408. The number of aryl methyl sites for hydroxylation is 2. The summed E-state index contributed by atoms with van der Waals surface area (Å²) >= 11 is 0. The molecule has 0 amide bonds. The Morgan fingerprint density at radius 1 is 1.09 bits per heavy atom. The number of rotatable bonds is 5. The molecular formula is C19H17NO3. The van der Waals surface area contributed by atoms with Crippen molar-refractivity contribution in [3.8, 4) is 11.8 Å². The third kappa shape index (κ3) is 3.89. The lowest BCUT2D eigenvalue weighted by Crippen LogP contribution is -2.14. The largest absolute Gasteiger partial charge is 0.482 e. The number of esters is 1. The van der Waals surface area contributed by atoms with Gasteiger partial charge in [-0.1, -0.05) is 18.2 Å². The highest BCUT2D eigenvalue weighted by molar-refractivity contribution is 5.71. The van der Waals surface area contributed by atoms with E-state index in [9.17, 15) is 4.79 Å². The number of nitriles is 1. The predicted molar refractivity (Wildman–Crippen MR) is 84.9 cm³/mol. The Labute approximate surface area is 135 Å². The zero-order chi connectivity index (χ0) is 16.1. The Kier molecular flexibility index (Phi) is 4.58. The van der Waals surface area contributed by atoms with Crippen LogP contribution in [0.1, 0.15) is 28.7 Å². The van der Waals surface area contributed by atoms with Gasteiger partial charge in [0.2, 0.25) is 0 Å². The Morgan fingerprint density at radius 2 is 1.87 bits per heavy atom. The second-order valence-electron chi connectivity index (χ2n) is 5.54. The van der Waals surface area contributed by atoms with E-state index >= 15 is 0 Å². The maximum absolute atomic E-state index is 11.7. The van der Waals surface area contributed by atoms with Crippen LogP contribution in [0.3, 0.4) is 0 Å². The second-order valence-corrected chi connectivity index (χ2v) is 5.54. The predicted octanol–water partition coefficient (Wildman–Crippen LogP) is 3.17. The van der Waals surface area contributed by atoms with Gasteiger partial charge in [-0.25, -0.2) is 4.79 Å². The van der Waals surface area contributed by atoms with Gasteiger partial charge in [0.15, 0.2) is 6.61 Å². The van der Waals surface area contributed by atoms with Gasteiger partial charge in [-0.3, -0.25) is 0 Å². The summed E-state index contributed by atoms with van der Waals surface area (Å²) in [5.41, 5.74) is 4.11. The van der Waals surface area contributed by atoms with Crippen molar-refractivity contribution in [2.45, 2.75) is 25.9 Å². The molecule has 0 aromatic heterocycles. The molecule has 23 heavy (non-hydrogen) atoms. The molecule has 0 saturated heterocycles. The quantitative estimate of drug-likeness (QED) is 0.796. The summed E-state index contributed by atoms with van der Waals surface area (Å²) in [6, 6.07) is 15.0. The van der Waals surface area contributed by atoms with E-state index in [4.69, 9.17) is 14.7 Å². The molecule has 0 spiro atoms. The standard InChI is InChI=1S/C19H17NO3/c20-11-14-4-6-15(7-5-14)12-23-19(21)13-22-18-9-8-16-2-1-3-17(16)10-18/h4-10H,1-3,12-13H2. The summed E-state index contributed by atoms with van der Waals surface area (Å²) in [5.74, 6) is 0.302. The van der Waals surface area contributed by atoms with Crippen molar-refractivity contribution >= 4 is 5.97 Å². The molecular weight excluding hydrogens is 290 g/mol. The van der Waals surface area contributed by atoms with E-state index in [-0.39, 0.29) is 13.2 Å². The van der Waals surface area contributed by atoms with Crippen LogP contribution in [-0.2, 0) is 29.0 Å². The fourth-order valence-electron chi connectivity index (χ4n) is 2.66. The molecule has 1 aliphatic carbocycles. The fraction of sp³-hybridized carbons (Fsp3) is 0.263. The number of carbonyl (C=O) groups is 1. The van der Waals surface area contributed by atoms with E-state index in [1.54, 1.807) is 24.3 Å². The van der Waals surface area contributed by atoms with Gasteiger partial charge >= 0.3 is 5.97 Å². The topological polar surface area (TPSA) is 59.3 Å². The van der Waals surface area contributed by atoms with Crippen LogP contribution in [-0.4, -0.2) is 12.6 Å². The molecule has 0 aliphatic heterocycles. The van der Waals surface area contributed by atoms with Crippen molar-refractivity contribution in [2.24, 2.45) is 0 Å². The fourth-order valence-corrected chi connectivity index (χ4v) is 2.66. The second kappa shape index (κ2) is 6.97. The third-order valence-electron chi connectivity index (χ3n) is 3.91. The van der Waals surface area contributed by atoms with E-state index in [1.807, 2.05) is 18.2 Å². The van der Waals surface area contributed by atoms with Gasteiger partial charge in [0, 0.05) is 0 Å². The van der Waals surface area contributed by atoms with Gasteiger partial charge in [0.1, 0.15) is 12.4 Å². The smallest absolute Gasteiger partial charge is 0.344 e. The Bertz CT molecular complexity index is 744. The molecule has 0 N–H and O–H groups in total. The maximum Gasteiger partial charge on any atom is 0.344 e. The highest BCUT2D eigenvalue weighted by Crippen LogP contribution is 2.25. The number of fused-ring (bicyclic) bond motifs is 1. The molecule has 4 nitrogen and oxygen atoms in total. The molecule has 2 aromatic rings. The van der Waals surface area contributed by atoms with Crippen molar-refractivity contribution in [3.63, 3.8) is 0 Å². The number of nitrogens with zero attached hydrogens (tertiary/aromatic N) is 1. The summed E-state index contributed by atoms with van der Waals surface area (Å²) in [6.07, 6.45) is 3.39. The van der Waals surface area contributed by atoms with Crippen LogP contribution in [0.2, 0.25) is 0 Å². The first-order valence-corrected chi connectivity index (χ1v) is 7.64. The molecule has 4 heteroatoms. The number of carbonyl (C=O) groups excluding carboxylic acids is 1. The van der Waals surface area contributed by atoms with Crippen molar-refractivity contribution in [3.05, 3.63) is 64.7 Å². The highest BCUT2D eigenvalue weighted by Gasteiger charge is 2.12. The summed E-state index contributed by atoms with van der Waals surface area (Å²) in [5, 5.41) is 8.73. The van der Waals surface area contributed by atoms with E-state index in [0.717, 1.165) is 18.4 Å². The molecule has 0 saturated carbocycles. The number of hydrogen-bond donors (Lipinski definition) is 0. The van der Waals surface area contributed by atoms with Crippen LogP contribution < -0.4 is 4.74 Å². The van der Waals surface area contributed by atoms with Gasteiger partial charge in [0.25, 0.3) is 0 Å². The van der Waals surface area contributed by atoms with E-state index in [2.05, 4.69) is 6.07 Å². The Morgan fingerprint density at radius 3 is 2.65 bits per heavy atom. The van der Waals surface area contributed by atoms with Gasteiger partial charge in [-0.05, 0) is 60.2 Å². The lowest BCUT2D eigenvalue weighted by atomic mass is 10.1. The lowest BCUT2D eigenvalue weighted by Gasteiger charge is -2.08. The van der Waals surface area contributed by atoms with Crippen molar-refractivity contribution < 1.29 is 14.3 Å². The van der Waals surface area contributed by atoms with Crippen LogP contribution in [0, 0.1) is 11.3 Å².